The normalized spacial score (nSPS) is 12.3. The molecule has 3 nitrogen and oxygen atoms in total. The minimum Gasteiger partial charge on any atom is -0.355 e. The van der Waals surface area contributed by atoms with Crippen molar-refractivity contribution in [1.29, 1.82) is 0 Å². The molecule has 0 saturated heterocycles. The van der Waals surface area contributed by atoms with Crippen LogP contribution >= 0.6 is 0 Å². The minimum atomic E-state index is -0.208. The highest BCUT2D eigenvalue weighted by atomic mass is 16.1. The summed E-state index contributed by atoms with van der Waals surface area (Å²) < 4.78 is 0. The van der Waals surface area contributed by atoms with Crippen molar-refractivity contribution >= 4 is 5.91 Å². The van der Waals surface area contributed by atoms with E-state index in [1.165, 1.54) is 0 Å². The Morgan fingerprint density at radius 1 is 1.80 bits per heavy atom. The van der Waals surface area contributed by atoms with Crippen LogP contribution in [0.15, 0.2) is 12.2 Å². The molecule has 10 heavy (non-hydrogen) atoms. The maximum atomic E-state index is 10.8. The summed E-state index contributed by atoms with van der Waals surface area (Å²) >= 11 is 0. The molecule has 0 saturated carbocycles. The van der Waals surface area contributed by atoms with Crippen LogP contribution in [0.5, 0.6) is 0 Å². The third kappa shape index (κ3) is 2.19. The summed E-state index contributed by atoms with van der Waals surface area (Å²) in [6.07, 6.45) is 0.742. The van der Waals surface area contributed by atoms with Crippen molar-refractivity contribution in [2.24, 2.45) is 5.73 Å². The lowest BCUT2D eigenvalue weighted by Gasteiger charge is -2.09. The predicted octanol–water partition coefficient (Wildman–Crippen LogP) is 0.0259. The number of carbonyl (C=O) groups is 1. The molecular weight excluding hydrogens is 128 g/mol. The molecule has 0 aliphatic carbocycles. The van der Waals surface area contributed by atoms with Crippen LogP contribution in [0.3, 0.4) is 0 Å². The van der Waals surface area contributed by atoms with Crippen LogP contribution in [0.25, 0.3) is 0 Å². The zero-order valence-electron chi connectivity index (χ0n) is 6.48. The van der Waals surface area contributed by atoms with Crippen LogP contribution in [0.2, 0.25) is 0 Å². The first kappa shape index (κ1) is 9.17. The standard InChI is InChI=1S/C7H14N2O/c1-4-6(8)5(2)7(10)9-3/h6H,2,4,8H2,1,3H3,(H,9,10). The fourth-order valence-corrected chi connectivity index (χ4v) is 0.575. The van der Waals surface area contributed by atoms with Crippen LogP contribution in [-0.4, -0.2) is 19.0 Å². The molecule has 3 heteroatoms. The Morgan fingerprint density at radius 3 is 2.60 bits per heavy atom. The van der Waals surface area contributed by atoms with Gasteiger partial charge < -0.3 is 11.1 Å². The number of amides is 1. The summed E-state index contributed by atoms with van der Waals surface area (Å²) in [5.74, 6) is -0.172. The molecule has 0 spiro atoms. The number of likely N-dealkylation sites (N-methyl/N-ethyl adjacent to an activating group) is 1. The summed E-state index contributed by atoms with van der Waals surface area (Å²) in [7, 11) is 1.57. The number of nitrogens with one attached hydrogen (secondary N) is 1. The minimum absolute atomic E-state index is 0.172. The first-order valence-electron chi connectivity index (χ1n) is 3.30. The lowest BCUT2D eigenvalue weighted by atomic mass is 10.1. The van der Waals surface area contributed by atoms with Gasteiger partial charge in [0.1, 0.15) is 0 Å². The van der Waals surface area contributed by atoms with Crippen molar-refractivity contribution in [2.75, 3.05) is 7.05 Å². The van der Waals surface area contributed by atoms with Gasteiger partial charge in [-0.15, -0.1) is 0 Å². The average molecular weight is 142 g/mol. The van der Waals surface area contributed by atoms with E-state index in [0.29, 0.717) is 5.57 Å². The van der Waals surface area contributed by atoms with E-state index < -0.39 is 0 Å². The SMILES string of the molecule is C=C(C(=O)NC)C(N)CC. The smallest absolute Gasteiger partial charge is 0.247 e. The second-order valence-corrected chi connectivity index (χ2v) is 2.12. The van der Waals surface area contributed by atoms with Crippen molar-refractivity contribution in [3.8, 4) is 0 Å². The maximum absolute atomic E-state index is 10.8. The van der Waals surface area contributed by atoms with E-state index in [0.717, 1.165) is 6.42 Å². The van der Waals surface area contributed by atoms with E-state index >= 15 is 0 Å². The zero-order valence-corrected chi connectivity index (χ0v) is 6.48. The molecule has 0 radical (unpaired) electrons. The summed E-state index contributed by atoms with van der Waals surface area (Å²) in [6, 6.07) is -0.208. The molecule has 0 heterocycles. The van der Waals surface area contributed by atoms with Gasteiger partial charge in [-0.1, -0.05) is 13.5 Å². The Bertz CT molecular complexity index is 143. The monoisotopic (exact) mass is 142 g/mol. The summed E-state index contributed by atoms with van der Waals surface area (Å²) in [4.78, 5) is 10.8. The quantitative estimate of drug-likeness (QED) is 0.546. The number of hydrogen-bond donors (Lipinski definition) is 2. The average Bonchev–Trinajstić information content (AvgIpc) is 2.00. The lowest BCUT2D eigenvalue weighted by Crippen LogP contribution is -2.31. The highest BCUT2D eigenvalue weighted by Gasteiger charge is 2.10. The molecule has 1 unspecified atom stereocenters. The molecule has 3 N–H and O–H groups in total. The third-order valence-electron chi connectivity index (χ3n) is 1.41. The van der Waals surface area contributed by atoms with Crippen molar-refractivity contribution in [2.45, 2.75) is 19.4 Å². The topological polar surface area (TPSA) is 55.1 Å². The number of rotatable bonds is 3. The molecular formula is C7H14N2O. The molecule has 0 aliphatic heterocycles. The fourth-order valence-electron chi connectivity index (χ4n) is 0.575. The molecule has 0 aromatic carbocycles. The van der Waals surface area contributed by atoms with Crippen LogP contribution in [0.4, 0.5) is 0 Å². The Labute approximate surface area is 61.3 Å². The Morgan fingerprint density at radius 2 is 2.30 bits per heavy atom. The largest absolute Gasteiger partial charge is 0.355 e. The second kappa shape index (κ2) is 4.06. The number of nitrogens with two attached hydrogens (primary N) is 1. The van der Waals surface area contributed by atoms with Crippen LogP contribution in [-0.2, 0) is 4.79 Å². The van der Waals surface area contributed by atoms with E-state index in [1.54, 1.807) is 7.05 Å². The van der Waals surface area contributed by atoms with E-state index in [-0.39, 0.29) is 11.9 Å². The van der Waals surface area contributed by atoms with Gasteiger partial charge in [0.05, 0.1) is 0 Å². The number of carbonyl (C=O) groups excluding carboxylic acids is 1. The third-order valence-corrected chi connectivity index (χ3v) is 1.41. The maximum Gasteiger partial charge on any atom is 0.247 e. The molecule has 58 valence electrons. The summed E-state index contributed by atoms with van der Waals surface area (Å²) in [6.45, 7) is 5.47. The van der Waals surface area contributed by atoms with Crippen molar-refractivity contribution in [3.63, 3.8) is 0 Å². The van der Waals surface area contributed by atoms with E-state index in [4.69, 9.17) is 5.73 Å². The van der Waals surface area contributed by atoms with Gasteiger partial charge in [-0.25, -0.2) is 0 Å². The van der Waals surface area contributed by atoms with Crippen molar-refractivity contribution in [3.05, 3.63) is 12.2 Å². The number of hydrogen-bond acceptors (Lipinski definition) is 2. The highest BCUT2D eigenvalue weighted by molar-refractivity contribution is 5.93. The fraction of sp³-hybridized carbons (Fsp3) is 0.571. The van der Waals surface area contributed by atoms with E-state index in [9.17, 15) is 4.79 Å². The summed E-state index contributed by atoms with van der Waals surface area (Å²) in [5.41, 5.74) is 5.98. The van der Waals surface area contributed by atoms with Gasteiger partial charge in [-0.3, -0.25) is 4.79 Å². The van der Waals surface area contributed by atoms with Crippen LogP contribution in [0, 0.1) is 0 Å². The predicted molar refractivity (Wildman–Crippen MR) is 41.5 cm³/mol. The molecule has 0 fully saturated rings. The molecule has 0 bridgehead atoms. The highest BCUT2D eigenvalue weighted by Crippen LogP contribution is 1.99. The Hall–Kier alpha value is -0.830. The first-order valence-corrected chi connectivity index (χ1v) is 3.30. The van der Waals surface area contributed by atoms with Gasteiger partial charge in [-0.2, -0.15) is 0 Å². The molecule has 1 atom stereocenters. The van der Waals surface area contributed by atoms with Gasteiger partial charge >= 0.3 is 0 Å². The van der Waals surface area contributed by atoms with Gasteiger partial charge in [0.15, 0.2) is 0 Å². The molecule has 0 aliphatic rings. The summed E-state index contributed by atoms with van der Waals surface area (Å²) in [5, 5.41) is 2.46. The van der Waals surface area contributed by atoms with E-state index in [1.807, 2.05) is 6.92 Å². The Kier molecular flexibility index (Phi) is 3.72. The van der Waals surface area contributed by atoms with Crippen LogP contribution < -0.4 is 11.1 Å². The zero-order chi connectivity index (χ0) is 8.15. The second-order valence-electron chi connectivity index (χ2n) is 2.12. The van der Waals surface area contributed by atoms with Gasteiger partial charge in [0, 0.05) is 18.7 Å². The molecule has 1 amide bonds. The van der Waals surface area contributed by atoms with Crippen LogP contribution in [0.1, 0.15) is 13.3 Å². The first-order chi connectivity index (χ1) is 4.63. The Balaban J connectivity index is 3.95. The molecule has 0 aromatic rings. The van der Waals surface area contributed by atoms with Gasteiger partial charge in [0.25, 0.3) is 0 Å². The molecule has 0 rings (SSSR count). The van der Waals surface area contributed by atoms with Gasteiger partial charge in [-0.05, 0) is 6.42 Å². The molecule has 0 aromatic heterocycles. The van der Waals surface area contributed by atoms with Crippen molar-refractivity contribution < 1.29 is 4.79 Å². The van der Waals surface area contributed by atoms with E-state index in [2.05, 4.69) is 11.9 Å². The lowest BCUT2D eigenvalue weighted by molar-refractivity contribution is -0.117. The van der Waals surface area contributed by atoms with Gasteiger partial charge in [0.2, 0.25) is 5.91 Å². The van der Waals surface area contributed by atoms with Crippen molar-refractivity contribution in [1.82, 2.24) is 5.32 Å².